The minimum Gasteiger partial charge on any atom is -0.310 e. The first-order valence-electron chi connectivity index (χ1n) is 19.3. The van der Waals surface area contributed by atoms with E-state index < -0.39 is 0 Å². The van der Waals surface area contributed by atoms with Gasteiger partial charge in [0.15, 0.2) is 0 Å². The second kappa shape index (κ2) is 12.9. The third-order valence-corrected chi connectivity index (χ3v) is 12.4. The average Bonchev–Trinajstić information content (AvgIpc) is 3.41. The minimum absolute atomic E-state index is 0.0759. The van der Waals surface area contributed by atoms with Crippen LogP contribution in [0.5, 0.6) is 0 Å². The summed E-state index contributed by atoms with van der Waals surface area (Å²) in [6, 6.07) is 48.8. The largest absolute Gasteiger partial charge is 0.310 e. The van der Waals surface area contributed by atoms with E-state index in [4.69, 9.17) is 0 Å². The first-order chi connectivity index (χ1) is 24.6. The number of nitrogens with zero attached hydrogens (tertiary/aromatic N) is 1. The summed E-state index contributed by atoms with van der Waals surface area (Å²) in [5.74, 6) is 1.36. The Labute approximate surface area is 299 Å². The predicted molar refractivity (Wildman–Crippen MR) is 213 cm³/mol. The average molecular weight is 652 g/mol. The van der Waals surface area contributed by atoms with Gasteiger partial charge in [0.05, 0.1) is 5.69 Å². The van der Waals surface area contributed by atoms with Crippen molar-refractivity contribution in [2.24, 2.45) is 0 Å². The van der Waals surface area contributed by atoms with Crippen molar-refractivity contribution in [3.8, 4) is 22.3 Å². The van der Waals surface area contributed by atoms with Crippen LogP contribution in [0.3, 0.4) is 0 Å². The summed E-state index contributed by atoms with van der Waals surface area (Å²) >= 11 is 0. The van der Waals surface area contributed by atoms with Crippen molar-refractivity contribution in [3.05, 3.63) is 150 Å². The van der Waals surface area contributed by atoms with E-state index in [0.29, 0.717) is 11.8 Å². The lowest BCUT2D eigenvalue weighted by atomic mass is 9.78. The first-order valence-corrected chi connectivity index (χ1v) is 19.3. The molecule has 6 aromatic carbocycles. The van der Waals surface area contributed by atoms with Crippen molar-refractivity contribution in [2.75, 3.05) is 4.90 Å². The van der Waals surface area contributed by atoms with Crippen LogP contribution in [0.4, 0.5) is 17.1 Å². The van der Waals surface area contributed by atoms with Gasteiger partial charge in [0.1, 0.15) is 0 Å². The van der Waals surface area contributed by atoms with E-state index in [1.807, 2.05) is 0 Å². The standard InChI is InChI=1S/C49H49N/c1-49(2)45-24-14-23-42(36-17-8-4-9-18-36)48(45)43-30-29-41(33-46(43)49)50(40-27-25-35(26-28-40)34-15-6-3-7-16-34)47-32-39-22-13-12-21-38(39)31-44(47)37-19-10-5-11-20-37/h5,10-14,19-34,36H,3-4,6-9,15-18H2,1-2H3. The molecular formula is C49H49N. The molecule has 50 heavy (non-hydrogen) atoms. The molecule has 0 N–H and O–H groups in total. The molecule has 0 aromatic heterocycles. The molecule has 0 radical (unpaired) electrons. The highest BCUT2D eigenvalue weighted by atomic mass is 15.1. The van der Waals surface area contributed by atoms with Crippen LogP contribution in [-0.4, -0.2) is 0 Å². The van der Waals surface area contributed by atoms with Crippen LogP contribution in [0.1, 0.15) is 112 Å². The molecule has 1 heteroatoms. The molecule has 250 valence electrons. The van der Waals surface area contributed by atoms with Crippen LogP contribution in [-0.2, 0) is 5.41 Å². The summed E-state index contributed by atoms with van der Waals surface area (Å²) in [4.78, 5) is 2.54. The fraction of sp³-hybridized carbons (Fsp3) is 0.306. The molecule has 0 bridgehead atoms. The van der Waals surface area contributed by atoms with Crippen LogP contribution in [0.2, 0.25) is 0 Å². The van der Waals surface area contributed by atoms with Crippen molar-refractivity contribution in [2.45, 2.75) is 95.3 Å². The van der Waals surface area contributed by atoms with Crippen LogP contribution in [0.15, 0.2) is 127 Å². The second-order valence-electron chi connectivity index (χ2n) is 15.8. The number of anilines is 3. The van der Waals surface area contributed by atoms with Gasteiger partial charge in [-0.15, -0.1) is 0 Å². The van der Waals surface area contributed by atoms with Gasteiger partial charge in [0.25, 0.3) is 0 Å². The van der Waals surface area contributed by atoms with E-state index in [1.54, 1.807) is 5.56 Å². The highest BCUT2D eigenvalue weighted by Gasteiger charge is 2.38. The van der Waals surface area contributed by atoms with E-state index in [0.717, 1.165) is 0 Å². The Morgan fingerprint density at radius 1 is 0.500 bits per heavy atom. The summed E-state index contributed by atoms with van der Waals surface area (Å²) < 4.78 is 0. The highest BCUT2D eigenvalue weighted by Crippen LogP contribution is 2.54. The molecule has 0 heterocycles. The van der Waals surface area contributed by atoms with Crippen LogP contribution in [0.25, 0.3) is 33.0 Å². The van der Waals surface area contributed by atoms with Crippen molar-refractivity contribution in [1.82, 2.24) is 0 Å². The zero-order chi connectivity index (χ0) is 33.7. The van der Waals surface area contributed by atoms with Gasteiger partial charge in [-0.25, -0.2) is 0 Å². The van der Waals surface area contributed by atoms with Gasteiger partial charge in [-0.2, -0.15) is 0 Å². The van der Waals surface area contributed by atoms with Crippen molar-refractivity contribution >= 4 is 27.8 Å². The minimum atomic E-state index is -0.0759. The molecule has 2 saturated carbocycles. The maximum absolute atomic E-state index is 2.54. The summed E-state index contributed by atoms with van der Waals surface area (Å²) in [5, 5.41) is 2.53. The van der Waals surface area contributed by atoms with E-state index in [2.05, 4.69) is 146 Å². The van der Waals surface area contributed by atoms with Gasteiger partial charge in [0.2, 0.25) is 0 Å². The lowest BCUT2D eigenvalue weighted by molar-refractivity contribution is 0.443. The second-order valence-corrected chi connectivity index (χ2v) is 15.8. The Bertz CT molecular complexity index is 2140. The van der Waals surface area contributed by atoms with Gasteiger partial charge in [-0.1, -0.05) is 143 Å². The molecule has 3 aliphatic carbocycles. The van der Waals surface area contributed by atoms with Crippen LogP contribution in [0, 0.1) is 0 Å². The zero-order valence-electron chi connectivity index (χ0n) is 29.8. The lowest BCUT2D eigenvalue weighted by Crippen LogP contribution is -2.17. The van der Waals surface area contributed by atoms with Crippen LogP contribution < -0.4 is 4.90 Å². The summed E-state index contributed by atoms with van der Waals surface area (Å²) in [6.45, 7) is 4.89. The topological polar surface area (TPSA) is 3.24 Å². The lowest BCUT2D eigenvalue weighted by Gasteiger charge is -2.31. The van der Waals surface area contributed by atoms with Crippen LogP contribution >= 0.6 is 0 Å². The van der Waals surface area contributed by atoms with Crippen molar-refractivity contribution in [3.63, 3.8) is 0 Å². The monoisotopic (exact) mass is 651 g/mol. The molecule has 0 saturated heterocycles. The Hall–Kier alpha value is -4.62. The molecule has 6 aromatic rings. The normalized spacial score (nSPS) is 17.4. The Kier molecular flexibility index (Phi) is 8.11. The summed E-state index contributed by atoms with van der Waals surface area (Å²) in [5.41, 5.74) is 15.0. The van der Waals surface area contributed by atoms with E-state index in [-0.39, 0.29) is 5.41 Å². The SMILES string of the molecule is CC1(C)c2cc(N(c3ccc(C4CCCCC4)cc3)c3cc4ccccc4cc3-c3ccccc3)ccc2-c2c(C3CCCCC3)cccc21. The quantitative estimate of drug-likeness (QED) is 0.173. The maximum Gasteiger partial charge on any atom is 0.0546 e. The van der Waals surface area contributed by atoms with Gasteiger partial charge in [-0.05, 0) is 124 Å². The summed E-state index contributed by atoms with van der Waals surface area (Å²) in [7, 11) is 0. The third-order valence-electron chi connectivity index (χ3n) is 12.4. The van der Waals surface area contributed by atoms with Gasteiger partial charge >= 0.3 is 0 Å². The van der Waals surface area contributed by atoms with Crippen molar-refractivity contribution in [1.29, 1.82) is 0 Å². The molecule has 0 spiro atoms. The smallest absolute Gasteiger partial charge is 0.0546 e. The number of rotatable bonds is 6. The van der Waals surface area contributed by atoms with E-state index in [1.165, 1.54) is 131 Å². The number of hydrogen-bond donors (Lipinski definition) is 0. The molecule has 0 atom stereocenters. The Morgan fingerprint density at radius 3 is 1.86 bits per heavy atom. The van der Waals surface area contributed by atoms with Crippen molar-refractivity contribution < 1.29 is 0 Å². The highest BCUT2D eigenvalue weighted by molar-refractivity contribution is 5.99. The Morgan fingerprint density at radius 2 is 1.14 bits per heavy atom. The van der Waals surface area contributed by atoms with Gasteiger partial charge in [-0.3, -0.25) is 0 Å². The molecule has 1 nitrogen and oxygen atoms in total. The molecule has 9 rings (SSSR count). The number of benzene rings is 6. The number of hydrogen-bond acceptors (Lipinski definition) is 1. The Balaban J connectivity index is 1.23. The molecule has 2 fully saturated rings. The third kappa shape index (κ3) is 5.47. The fourth-order valence-corrected chi connectivity index (χ4v) is 9.72. The molecule has 0 amide bonds. The predicted octanol–water partition coefficient (Wildman–Crippen LogP) is 14.4. The van der Waals surface area contributed by atoms with Gasteiger partial charge < -0.3 is 4.90 Å². The summed E-state index contributed by atoms with van der Waals surface area (Å²) in [6.07, 6.45) is 13.4. The first kappa shape index (κ1) is 31.4. The molecule has 3 aliphatic rings. The molecule has 0 aliphatic heterocycles. The maximum atomic E-state index is 2.54. The fourth-order valence-electron chi connectivity index (χ4n) is 9.72. The van der Waals surface area contributed by atoms with E-state index in [9.17, 15) is 0 Å². The molecule has 0 unspecified atom stereocenters. The molecular weight excluding hydrogens is 603 g/mol. The number of fused-ring (bicyclic) bond motifs is 4. The zero-order valence-corrected chi connectivity index (χ0v) is 29.8. The van der Waals surface area contributed by atoms with E-state index >= 15 is 0 Å². The van der Waals surface area contributed by atoms with Gasteiger partial charge in [0, 0.05) is 22.4 Å².